The predicted molar refractivity (Wildman–Crippen MR) is 132 cm³/mol. The third kappa shape index (κ3) is 6.02. The van der Waals surface area contributed by atoms with Gasteiger partial charge in [-0.2, -0.15) is 0 Å². The summed E-state index contributed by atoms with van der Waals surface area (Å²) < 4.78 is 8.63. The molecule has 0 radical (unpaired) electrons. The third-order valence-corrected chi connectivity index (χ3v) is 5.72. The standard InChI is InChI=1S/C25H35N5O4/c1-5-6-13-29-23-22(24(32)28-25(29)33)30(15-17(2)3)20(27-23)11-12-21(31)26-14-18-9-7-8-10-19(18)16-34-4/h7-10,17H,5-6,11-16H2,1-4H3,(H,26,31)(H,28,32,33). The van der Waals surface area contributed by atoms with E-state index >= 15 is 0 Å². The number of hydrogen-bond acceptors (Lipinski definition) is 5. The number of fused-ring (bicyclic) bond motifs is 1. The number of carbonyl (C=O) groups excluding carboxylic acids is 1. The van der Waals surface area contributed by atoms with E-state index in [1.54, 1.807) is 7.11 Å². The number of carbonyl (C=O) groups is 1. The molecule has 2 heterocycles. The molecule has 3 aromatic rings. The largest absolute Gasteiger partial charge is 0.380 e. The van der Waals surface area contributed by atoms with Crippen LogP contribution in [0.3, 0.4) is 0 Å². The zero-order valence-corrected chi connectivity index (χ0v) is 20.5. The highest BCUT2D eigenvalue weighted by atomic mass is 16.5. The van der Waals surface area contributed by atoms with Crippen molar-refractivity contribution in [1.29, 1.82) is 0 Å². The van der Waals surface area contributed by atoms with Crippen molar-refractivity contribution in [1.82, 2.24) is 24.4 Å². The average Bonchev–Trinajstić information content (AvgIpc) is 3.15. The van der Waals surface area contributed by atoms with Crippen molar-refractivity contribution in [2.24, 2.45) is 5.92 Å². The molecule has 0 fully saturated rings. The van der Waals surface area contributed by atoms with E-state index < -0.39 is 11.2 Å². The smallest absolute Gasteiger partial charge is 0.330 e. The number of aryl methyl sites for hydroxylation is 2. The first-order chi connectivity index (χ1) is 16.3. The lowest BCUT2D eigenvalue weighted by Crippen LogP contribution is -2.31. The van der Waals surface area contributed by atoms with Gasteiger partial charge in [-0.1, -0.05) is 51.5 Å². The molecule has 0 saturated heterocycles. The molecule has 0 bridgehead atoms. The number of imidazole rings is 1. The molecule has 9 nitrogen and oxygen atoms in total. The monoisotopic (exact) mass is 469 g/mol. The van der Waals surface area contributed by atoms with Crippen molar-refractivity contribution in [2.45, 2.75) is 72.7 Å². The highest BCUT2D eigenvalue weighted by Gasteiger charge is 2.19. The third-order valence-electron chi connectivity index (χ3n) is 5.72. The van der Waals surface area contributed by atoms with Crippen molar-refractivity contribution >= 4 is 17.1 Å². The summed E-state index contributed by atoms with van der Waals surface area (Å²) in [5.41, 5.74) is 1.95. The zero-order chi connectivity index (χ0) is 24.7. The van der Waals surface area contributed by atoms with Crippen LogP contribution in [0, 0.1) is 5.92 Å². The minimum atomic E-state index is -0.445. The van der Waals surface area contributed by atoms with Gasteiger partial charge in [-0.05, 0) is 23.5 Å². The van der Waals surface area contributed by atoms with Gasteiger partial charge in [0.15, 0.2) is 11.2 Å². The Balaban J connectivity index is 1.82. The number of hydrogen-bond donors (Lipinski definition) is 2. The second-order valence-corrected chi connectivity index (χ2v) is 8.95. The number of unbranched alkanes of at least 4 members (excludes halogenated alkanes) is 1. The van der Waals surface area contributed by atoms with E-state index in [4.69, 9.17) is 4.74 Å². The first-order valence-electron chi connectivity index (χ1n) is 11.9. The maximum absolute atomic E-state index is 12.7. The predicted octanol–water partition coefficient (Wildman–Crippen LogP) is 2.74. The van der Waals surface area contributed by atoms with Crippen LogP contribution >= 0.6 is 0 Å². The minimum absolute atomic E-state index is 0.104. The van der Waals surface area contributed by atoms with E-state index in [0.717, 1.165) is 24.0 Å². The maximum atomic E-state index is 12.7. The Kier molecular flexibility index (Phi) is 8.81. The second kappa shape index (κ2) is 11.8. The molecule has 0 atom stereocenters. The van der Waals surface area contributed by atoms with Gasteiger partial charge in [0.05, 0.1) is 6.61 Å². The molecular weight excluding hydrogens is 434 g/mol. The molecule has 184 valence electrons. The van der Waals surface area contributed by atoms with Crippen LogP contribution < -0.4 is 16.6 Å². The SMILES string of the molecule is CCCCn1c(=O)[nH]c(=O)c2c1nc(CCC(=O)NCc1ccccc1COC)n2CC(C)C. The fourth-order valence-corrected chi connectivity index (χ4v) is 4.03. The van der Waals surface area contributed by atoms with Crippen molar-refractivity contribution in [3.63, 3.8) is 0 Å². The van der Waals surface area contributed by atoms with E-state index in [0.29, 0.717) is 49.7 Å². The summed E-state index contributed by atoms with van der Waals surface area (Å²) in [5, 5.41) is 2.97. The zero-order valence-electron chi connectivity index (χ0n) is 20.5. The van der Waals surface area contributed by atoms with Crippen molar-refractivity contribution in [3.8, 4) is 0 Å². The summed E-state index contributed by atoms with van der Waals surface area (Å²) in [7, 11) is 1.64. The molecule has 1 amide bonds. The van der Waals surface area contributed by atoms with E-state index in [1.165, 1.54) is 4.57 Å². The van der Waals surface area contributed by atoms with Crippen LogP contribution in [-0.4, -0.2) is 32.1 Å². The summed E-state index contributed by atoms with van der Waals surface area (Å²) in [5.74, 6) is 0.797. The molecule has 0 spiro atoms. The van der Waals surface area contributed by atoms with Crippen molar-refractivity contribution in [2.75, 3.05) is 7.11 Å². The van der Waals surface area contributed by atoms with Crippen LogP contribution in [0.2, 0.25) is 0 Å². The van der Waals surface area contributed by atoms with E-state index in [2.05, 4.69) is 29.1 Å². The van der Waals surface area contributed by atoms with E-state index in [-0.39, 0.29) is 18.2 Å². The topological polar surface area (TPSA) is 111 Å². The number of ether oxygens (including phenoxy) is 1. The quantitative estimate of drug-likeness (QED) is 0.424. The van der Waals surface area contributed by atoms with Crippen LogP contribution in [0.25, 0.3) is 11.2 Å². The Bertz CT molecular complexity index is 1240. The van der Waals surface area contributed by atoms with E-state index in [9.17, 15) is 14.4 Å². The highest BCUT2D eigenvalue weighted by molar-refractivity contribution is 5.76. The number of methoxy groups -OCH3 is 1. The van der Waals surface area contributed by atoms with Gasteiger partial charge >= 0.3 is 5.69 Å². The summed E-state index contributed by atoms with van der Waals surface area (Å²) in [6.45, 7) is 8.12. The minimum Gasteiger partial charge on any atom is -0.380 e. The number of nitrogens with one attached hydrogen (secondary N) is 2. The molecule has 0 aliphatic heterocycles. The van der Waals surface area contributed by atoms with Crippen molar-refractivity contribution < 1.29 is 9.53 Å². The van der Waals surface area contributed by atoms with Crippen LogP contribution in [0.15, 0.2) is 33.9 Å². The summed E-state index contributed by atoms with van der Waals surface area (Å²) >= 11 is 0. The molecule has 2 aromatic heterocycles. The summed E-state index contributed by atoms with van der Waals surface area (Å²) in [6.07, 6.45) is 2.32. The number of aromatic nitrogens is 4. The number of H-pyrrole nitrogens is 1. The fourth-order valence-electron chi connectivity index (χ4n) is 4.03. The van der Waals surface area contributed by atoms with Gasteiger partial charge in [0, 0.05) is 39.6 Å². The molecule has 0 aliphatic rings. The Labute approximate surface area is 199 Å². The number of rotatable bonds is 12. The van der Waals surface area contributed by atoms with Gasteiger partial charge in [-0.15, -0.1) is 0 Å². The Hall–Kier alpha value is -3.20. The number of nitrogens with zero attached hydrogens (tertiary/aromatic N) is 3. The van der Waals surface area contributed by atoms with Crippen LogP contribution in [0.4, 0.5) is 0 Å². The van der Waals surface area contributed by atoms with Crippen LogP contribution in [0.1, 0.15) is 57.0 Å². The van der Waals surface area contributed by atoms with Gasteiger partial charge in [-0.25, -0.2) is 9.78 Å². The first-order valence-corrected chi connectivity index (χ1v) is 11.9. The number of aromatic amines is 1. The Morgan fingerprint density at radius 3 is 2.59 bits per heavy atom. The van der Waals surface area contributed by atoms with Crippen LogP contribution in [-0.2, 0) is 42.2 Å². The number of benzene rings is 1. The molecule has 3 rings (SSSR count). The first kappa shape index (κ1) is 25.4. The molecule has 0 aliphatic carbocycles. The highest BCUT2D eigenvalue weighted by Crippen LogP contribution is 2.16. The van der Waals surface area contributed by atoms with E-state index in [1.807, 2.05) is 35.8 Å². The number of amides is 1. The average molecular weight is 470 g/mol. The molecule has 9 heteroatoms. The lowest BCUT2D eigenvalue weighted by Gasteiger charge is -2.12. The van der Waals surface area contributed by atoms with Gasteiger partial charge in [0.2, 0.25) is 5.91 Å². The fraction of sp³-hybridized carbons (Fsp3) is 0.520. The van der Waals surface area contributed by atoms with Crippen molar-refractivity contribution in [3.05, 3.63) is 62.1 Å². The Morgan fingerprint density at radius 2 is 1.91 bits per heavy atom. The van der Waals surface area contributed by atoms with Gasteiger partial charge in [0.1, 0.15) is 5.82 Å². The van der Waals surface area contributed by atoms with Gasteiger partial charge in [0.25, 0.3) is 5.56 Å². The second-order valence-electron chi connectivity index (χ2n) is 8.95. The summed E-state index contributed by atoms with van der Waals surface area (Å²) in [6, 6.07) is 7.83. The maximum Gasteiger partial charge on any atom is 0.330 e. The molecule has 0 unspecified atom stereocenters. The normalized spacial score (nSPS) is 11.4. The molecular formula is C25H35N5O4. The molecule has 0 saturated carbocycles. The molecule has 34 heavy (non-hydrogen) atoms. The molecule has 2 N–H and O–H groups in total. The summed E-state index contributed by atoms with van der Waals surface area (Å²) in [4.78, 5) is 44.9. The van der Waals surface area contributed by atoms with Gasteiger partial charge < -0.3 is 14.6 Å². The lowest BCUT2D eigenvalue weighted by molar-refractivity contribution is -0.121. The van der Waals surface area contributed by atoms with Gasteiger partial charge in [-0.3, -0.25) is 19.1 Å². The lowest BCUT2D eigenvalue weighted by atomic mass is 10.1. The molecule has 1 aromatic carbocycles. The van der Waals surface area contributed by atoms with Crippen LogP contribution in [0.5, 0.6) is 0 Å². The Morgan fingerprint density at radius 1 is 1.18 bits per heavy atom.